The van der Waals surface area contributed by atoms with Gasteiger partial charge < -0.3 is 24.3 Å². The highest BCUT2D eigenvalue weighted by atomic mass is 16.5. The van der Waals surface area contributed by atoms with Crippen LogP contribution in [0.25, 0.3) is 0 Å². The van der Waals surface area contributed by atoms with Gasteiger partial charge in [0, 0.05) is 25.8 Å². The SMILES string of the molecule is CCOC(=O)c1c(OCc2ccccc2)c(C(=O)N(Cc2ccccc2)C2CCNCC2)cn1C. The Morgan fingerprint density at radius 2 is 1.63 bits per heavy atom. The fraction of sp³-hybridized carbons (Fsp3) is 0.357. The van der Waals surface area contributed by atoms with Crippen molar-refractivity contribution in [2.45, 2.75) is 39.0 Å². The molecular formula is C28H33N3O4. The maximum atomic E-state index is 14.1. The third-order valence-corrected chi connectivity index (χ3v) is 6.27. The van der Waals surface area contributed by atoms with Crippen LogP contribution >= 0.6 is 0 Å². The summed E-state index contributed by atoms with van der Waals surface area (Å²) >= 11 is 0. The fourth-order valence-electron chi connectivity index (χ4n) is 4.49. The van der Waals surface area contributed by atoms with Crippen molar-refractivity contribution in [2.75, 3.05) is 19.7 Å². The molecule has 7 nitrogen and oxygen atoms in total. The van der Waals surface area contributed by atoms with Crippen LogP contribution in [0.2, 0.25) is 0 Å². The van der Waals surface area contributed by atoms with Gasteiger partial charge in [-0.1, -0.05) is 60.7 Å². The molecule has 4 rings (SSSR count). The van der Waals surface area contributed by atoms with Crippen LogP contribution in [0, 0.1) is 0 Å². The second-order valence-electron chi connectivity index (χ2n) is 8.73. The summed E-state index contributed by atoms with van der Waals surface area (Å²) in [6.07, 6.45) is 3.43. The van der Waals surface area contributed by atoms with E-state index < -0.39 is 5.97 Å². The van der Waals surface area contributed by atoms with Crippen molar-refractivity contribution in [1.29, 1.82) is 0 Å². The summed E-state index contributed by atoms with van der Waals surface area (Å²) in [5.74, 6) is -0.379. The van der Waals surface area contributed by atoms with Crippen molar-refractivity contribution in [3.8, 4) is 5.75 Å². The highest BCUT2D eigenvalue weighted by Gasteiger charge is 2.33. The van der Waals surface area contributed by atoms with Crippen LogP contribution in [0.4, 0.5) is 0 Å². The summed E-state index contributed by atoms with van der Waals surface area (Å²) in [7, 11) is 1.74. The highest BCUT2D eigenvalue weighted by Crippen LogP contribution is 2.31. The zero-order chi connectivity index (χ0) is 24.6. The molecule has 3 aromatic rings. The quantitative estimate of drug-likeness (QED) is 0.470. The molecule has 0 spiro atoms. The van der Waals surface area contributed by atoms with Gasteiger partial charge in [0.15, 0.2) is 11.4 Å². The van der Waals surface area contributed by atoms with Gasteiger partial charge in [0.05, 0.1) is 6.61 Å². The Labute approximate surface area is 206 Å². The number of hydrogen-bond acceptors (Lipinski definition) is 5. The van der Waals surface area contributed by atoms with Crippen LogP contribution in [0.15, 0.2) is 66.9 Å². The van der Waals surface area contributed by atoms with Gasteiger partial charge in [-0.15, -0.1) is 0 Å². The molecule has 1 aromatic heterocycles. The number of aromatic nitrogens is 1. The molecule has 184 valence electrons. The molecule has 1 aliphatic heterocycles. The second-order valence-corrected chi connectivity index (χ2v) is 8.73. The molecule has 0 aliphatic carbocycles. The highest BCUT2D eigenvalue weighted by molar-refractivity contribution is 6.02. The summed E-state index contributed by atoms with van der Waals surface area (Å²) in [6, 6.07) is 19.8. The number of benzene rings is 2. The lowest BCUT2D eigenvalue weighted by Crippen LogP contribution is -2.45. The molecule has 1 saturated heterocycles. The first-order valence-electron chi connectivity index (χ1n) is 12.2. The van der Waals surface area contributed by atoms with Gasteiger partial charge in [-0.25, -0.2) is 4.79 Å². The van der Waals surface area contributed by atoms with E-state index in [2.05, 4.69) is 5.32 Å². The number of nitrogens with one attached hydrogen (secondary N) is 1. The first kappa shape index (κ1) is 24.5. The second kappa shape index (κ2) is 11.7. The smallest absolute Gasteiger partial charge is 0.358 e. The minimum absolute atomic E-state index is 0.0946. The lowest BCUT2D eigenvalue weighted by atomic mass is 10.0. The lowest BCUT2D eigenvalue weighted by Gasteiger charge is -2.35. The number of amides is 1. The molecule has 2 aromatic carbocycles. The van der Waals surface area contributed by atoms with Crippen molar-refractivity contribution in [1.82, 2.24) is 14.8 Å². The van der Waals surface area contributed by atoms with Crippen molar-refractivity contribution >= 4 is 11.9 Å². The molecule has 0 radical (unpaired) electrons. The Kier molecular flexibility index (Phi) is 8.21. The van der Waals surface area contributed by atoms with E-state index >= 15 is 0 Å². The molecule has 1 fully saturated rings. The van der Waals surface area contributed by atoms with Crippen LogP contribution in [-0.2, 0) is 24.9 Å². The van der Waals surface area contributed by atoms with Gasteiger partial charge >= 0.3 is 5.97 Å². The Morgan fingerprint density at radius 1 is 1.00 bits per heavy atom. The molecular weight excluding hydrogens is 442 g/mol. The molecule has 0 atom stereocenters. The molecule has 35 heavy (non-hydrogen) atoms. The van der Waals surface area contributed by atoms with Gasteiger partial charge in [0.1, 0.15) is 12.2 Å². The number of ether oxygens (including phenoxy) is 2. The Hall–Kier alpha value is -3.58. The van der Waals surface area contributed by atoms with Gasteiger partial charge in [0.25, 0.3) is 5.91 Å². The average molecular weight is 476 g/mol. The van der Waals surface area contributed by atoms with E-state index in [9.17, 15) is 9.59 Å². The lowest BCUT2D eigenvalue weighted by molar-refractivity contribution is 0.0510. The summed E-state index contributed by atoms with van der Waals surface area (Å²) in [6.45, 7) is 4.46. The first-order chi connectivity index (χ1) is 17.1. The van der Waals surface area contributed by atoms with E-state index in [-0.39, 0.29) is 36.6 Å². The van der Waals surface area contributed by atoms with Crippen molar-refractivity contribution < 1.29 is 19.1 Å². The van der Waals surface area contributed by atoms with E-state index in [1.807, 2.05) is 65.6 Å². The van der Waals surface area contributed by atoms with Crippen molar-refractivity contribution in [3.63, 3.8) is 0 Å². The number of nitrogens with zero attached hydrogens (tertiary/aromatic N) is 2. The third-order valence-electron chi connectivity index (χ3n) is 6.27. The fourth-order valence-corrected chi connectivity index (χ4v) is 4.49. The van der Waals surface area contributed by atoms with Crippen LogP contribution in [-0.4, -0.2) is 47.1 Å². The summed E-state index contributed by atoms with van der Waals surface area (Å²) in [5, 5.41) is 3.38. The van der Waals surface area contributed by atoms with Crippen LogP contribution in [0.1, 0.15) is 51.7 Å². The molecule has 1 N–H and O–H groups in total. The van der Waals surface area contributed by atoms with Gasteiger partial charge in [-0.05, 0) is 44.0 Å². The Bertz CT molecular complexity index is 1120. The molecule has 0 saturated carbocycles. The van der Waals surface area contributed by atoms with Gasteiger partial charge in [0.2, 0.25) is 0 Å². The van der Waals surface area contributed by atoms with Crippen LogP contribution < -0.4 is 10.1 Å². The van der Waals surface area contributed by atoms with E-state index in [1.54, 1.807) is 24.7 Å². The van der Waals surface area contributed by atoms with E-state index in [1.165, 1.54) is 0 Å². The normalized spacial score (nSPS) is 13.9. The number of aryl methyl sites for hydroxylation is 1. The molecule has 0 bridgehead atoms. The maximum Gasteiger partial charge on any atom is 0.358 e. The van der Waals surface area contributed by atoms with Crippen molar-refractivity contribution in [2.24, 2.45) is 7.05 Å². The number of hydrogen-bond donors (Lipinski definition) is 1. The van der Waals surface area contributed by atoms with Gasteiger partial charge in [-0.2, -0.15) is 0 Å². The zero-order valence-electron chi connectivity index (χ0n) is 20.4. The minimum Gasteiger partial charge on any atom is -0.486 e. The predicted octanol–water partition coefficient (Wildman–Crippen LogP) is 4.18. The van der Waals surface area contributed by atoms with E-state index in [0.717, 1.165) is 37.1 Å². The molecule has 0 unspecified atom stereocenters. The Balaban J connectivity index is 1.70. The van der Waals surface area contributed by atoms with Crippen LogP contribution in [0.3, 0.4) is 0 Å². The molecule has 1 aliphatic rings. The van der Waals surface area contributed by atoms with Crippen LogP contribution in [0.5, 0.6) is 5.75 Å². The number of rotatable bonds is 9. The topological polar surface area (TPSA) is 72.8 Å². The predicted molar refractivity (Wildman–Crippen MR) is 134 cm³/mol. The molecule has 7 heteroatoms. The molecule has 2 heterocycles. The standard InChI is InChI=1S/C28H33N3O4/c1-3-34-28(33)25-26(35-20-22-12-8-5-9-13-22)24(19-30(25)2)27(32)31(23-14-16-29-17-15-23)18-21-10-6-4-7-11-21/h4-13,19,23,29H,3,14-18,20H2,1-2H3. The number of piperidine rings is 1. The monoisotopic (exact) mass is 475 g/mol. The number of carbonyl (C=O) groups excluding carboxylic acids is 2. The molecule has 1 amide bonds. The first-order valence-corrected chi connectivity index (χ1v) is 12.2. The van der Waals surface area contributed by atoms with Crippen molar-refractivity contribution in [3.05, 3.63) is 89.2 Å². The van der Waals surface area contributed by atoms with Gasteiger partial charge in [-0.3, -0.25) is 4.79 Å². The summed E-state index contributed by atoms with van der Waals surface area (Å²) < 4.78 is 13.1. The minimum atomic E-state index is -0.506. The number of carbonyl (C=O) groups is 2. The summed E-state index contributed by atoms with van der Waals surface area (Å²) in [4.78, 5) is 28.9. The average Bonchev–Trinajstić information content (AvgIpc) is 3.23. The third kappa shape index (κ3) is 5.92. The zero-order valence-corrected chi connectivity index (χ0v) is 20.4. The number of esters is 1. The maximum absolute atomic E-state index is 14.1. The van der Waals surface area contributed by atoms with E-state index in [4.69, 9.17) is 9.47 Å². The van der Waals surface area contributed by atoms with E-state index in [0.29, 0.717) is 12.1 Å². The summed E-state index contributed by atoms with van der Waals surface area (Å²) in [5.41, 5.74) is 2.63. The Morgan fingerprint density at radius 3 is 2.26 bits per heavy atom. The largest absolute Gasteiger partial charge is 0.486 e.